The fourth-order valence-corrected chi connectivity index (χ4v) is 3.74. The van der Waals surface area contributed by atoms with E-state index in [0.717, 1.165) is 41.6 Å². The number of carbonyl (C=O) groups excluding carboxylic acids is 1. The smallest absolute Gasteiger partial charge is 0.408 e. The fraction of sp³-hybridized carbons (Fsp3) is 0.520. The number of nitrogens with one attached hydrogen (secondary N) is 1. The summed E-state index contributed by atoms with van der Waals surface area (Å²) in [6, 6.07) is 10.1. The van der Waals surface area contributed by atoms with E-state index in [1.165, 1.54) is 0 Å². The number of alkyl carbamates (subject to hydrolysis) is 1. The maximum atomic E-state index is 12.1. The van der Waals surface area contributed by atoms with Crippen LogP contribution in [0.4, 0.5) is 4.79 Å². The maximum Gasteiger partial charge on any atom is 0.408 e. The van der Waals surface area contributed by atoms with E-state index in [1.807, 2.05) is 39.8 Å². The number of hydrogen-bond acceptors (Lipinski definition) is 4. The molecule has 2 atom stereocenters. The molecule has 0 aliphatic carbocycles. The van der Waals surface area contributed by atoms with Crippen LogP contribution in [0, 0.1) is 5.92 Å². The Bertz CT molecular complexity index is 928. The van der Waals surface area contributed by atoms with Gasteiger partial charge in [-0.3, -0.25) is 4.98 Å². The van der Waals surface area contributed by atoms with Crippen LogP contribution in [0.15, 0.2) is 36.4 Å². The van der Waals surface area contributed by atoms with Crippen molar-refractivity contribution in [1.29, 1.82) is 0 Å². The molecule has 1 N–H and O–H groups in total. The van der Waals surface area contributed by atoms with Crippen molar-refractivity contribution in [3.05, 3.63) is 47.7 Å². The van der Waals surface area contributed by atoms with E-state index in [2.05, 4.69) is 49.5 Å². The third kappa shape index (κ3) is 6.30. The van der Waals surface area contributed by atoms with E-state index in [-0.39, 0.29) is 11.6 Å². The molecule has 1 amide bonds. The minimum atomic E-state index is -0.526. The Kier molecular flexibility index (Phi) is 6.51. The third-order valence-corrected chi connectivity index (χ3v) is 5.21. The van der Waals surface area contributed by atoms with E-state index in [1.54, 1.807) is 0 Å². The standard InChI is InChI=1S/C25H34N2O3/c1-17(26-23(28)30-24(2,3)4)21-12-11-20-10-9-18(15-22(20)27-21)7-8-19-13-14-29-25(5,6)16-19/h7-12,15,17,19H,13-14,16H2,1-6H3,(H,26,28)/b8-7+/t17-,19?/m1/s1. The molecule has 0 bridgehead atoms. The van der Waals surface area contributed by atoms with Gasteiger partial charge in [0, 0.05) is 12.0 Å². The molecule has 1 aromatic carbocycles. The molecule has 30 heavy (non-hydrogen) atoms. The van der Waals surface area contributed by atoms with Gasteiger partial charge in [-0.25, -0.2) is 4.79 Å². The summed E-state index contributed by atoms with van der Waals surface area (Å²) in [5.74, 6) is 0.529. The summed E-state index contributed by atoms with van der Waals surface area (Å²) in [5, 5.41) is 3.93. The van der Waals surface area contributed by atoms with E-state index < -0.39 is 11.7 Å². The van der Waals surface area contributed by atoms with Crippen LogP contribution in [0.25, 0.3) is 17.0 Å². The van der Waals surface area contributed by atoms with Crippen molar-refractivity contribution in [2.24, 2.45) is 5.92 Å². The molecule has 3 rings (SSSR count). The third-order valence-electron chi connectivity index (χ3n) is 5.21. The lowest BCUT2D eigenvalue weighted by Crippen LogP contribution is -2.34. The second-order valence-corrected chi connectivity index (χ2v) is 9.78. The molecule has 5 heteroatoms. The predicted molar refractivity (Wildman–Crippen MR) is 121 cm³/mol. The van der Waals surface area contributed by atoms with Crippen LogP contribution in [-0.4, -0.2) is 28.9 Å². The highest BCUT2D eigenvalue weighted by Crippen LogP contribution is 2.30. The number of benzene rings is 1. The minimum absolute atomic E-state index is 0.0512. The molecule has 5 nitrogen and oxygen atoms in total. The summed E-state index contributed by atoms with van der Waals surface area (Å²) < 4.78 is 11.2. The van der Waals surface area contributed by atoms with Gasteiger partial charge in [0.25, 0.3) is 0 Å². The van der Waals surface area contributed by atoms with Crippen molar-refractivity contribution >= 4 is 23.1 Å². The molecule has 1 unspecified atom stereocenters. The van der Waals surface area contributed by atoms with Crippen molar-refractivity contribution < 1.29 is 14.3 Å². The first-order chi connectivity index (χ1) is 14.0. The van der Waals surface area contributed by atoms with E-state index >= 15 is 0 Å². The lowest BCUT2D eigenvalue weighted by Gasteiger charge is -2.34. The van der Waals surface area contributed by atoms with Gasteiger partial charge in [-0.2, -0.15) is 0 Å². The molecule has 0 saturated carbocycles. The number of aromatic nitrogens is 1. The molecule has 2 heterocycles. The van der Waals surface area contributed by atoms with Gasteiger partial charge < -0.3 is 14.8 Å². The van der Waals surface area contributed by atoms with Crippen LogP contribution in [0.3, 0.4) is 0 Å². The summed E-state index contributed by atoms with van der Waals surface area (Å²) in [6.07, 6.45) is 6.13. The summed E-state index contributed by atoms with van der Waals surface area (Å²) in [7, 11) is 0. The van der Waals surface area contributed by atoms with Gasteiger partial charge in [-0.1, -0.05) is 30.4 Å². The molecule has 0 spiro atoms. The van der Waals surface area contributed by atoms with Crippen LogP contribution in [-0.2, 0) is 9.47 Å². The molecule has 1 aliphatic heterocycles. The molecule has 162 valence electrons. The average Bonchev–Trinajstić information content (AvgIpc) is 2.63. The van der Waals surface area contributed by atoms with Crippen LogP contribution in [0.1, 0.15) is 71.7 Å². The Labute approximate surface area is 179 Å². The van der Waals surface area contributed by atoms with Gasteiger partial charge in [-0.05, 0) is 78.0 Å². The number of amides is 1. The summed E-state index contributed by atoms with van der Waals surface area (Å²) >= 11 is 0. The highest BCUT2D eigenvalue weighted by molar-refractivity contribution is 5.81. The Morgan fingerprint density at radius 1 is 1.30 bits per heavy atom. The van der Waals surface area contributed by atoms with Gasteiger partial charge in [-0.15, -0.1) is 0 Å². The van der Waals surface area contributed by atoms with E-state index in [0.29, 0.717) is 5.92 Å². The van der Waals surface area contributed by atoms with Crippen molar-refractivity contribution in [3.8, 4) is 0 Å². The number of nitrogens with zero attached hydrogens (tertiary/aromatic N) is 1. The molecular formula is C25H34N2O3. The Hall–Kier alpha value is -2.40. The SMILES string of the molecule is C[C@@H](NC(=O)OC(C)(C)C)c1ccc2ccc(/C=C/C3CCOC(C)(C)C3)cc2n1. The van der Waals surface area contributed by atoms with Crippen molar-refractivity contribution in [1.82, 2.24) is 10.3 Å². The number of allylic oxidation sites excluding steroid dienone is 1. The minimum Gasteiger partial charge on any atom is -0.444 e. The highest BCUT2D eigenvalue weighted by atomic mass is 16.6. The normalized spacial score (nSPS) is 20.3. The zero-order valence-corrected chi connectivity index (χ0v) is 19.0. The van der Waals surface area contributed by atoms with Gasteiger partial charge in [0.05, 0.1) is 22.9 Å². The van der Waals surface area contributed by atoms with Crippen molar-refractivity contribution in [3.63, 3.8) is 0 Å². The number of hydrogen-bond donors (Lipinski definition) is 1. The van der Waals surface area contributed by atoms with Crippen LogP contribution in [0.5, 0.6) is 0 Å². The average molecular weight is 411 g/mol. The van der Waals surface area contributed by atoms with Crippen molar-refractivity contribution in [2.45, 2.75) is 71.6 Å². The van der Waals surface area contributed by atoms with Gasteiger partial charge >= 0.3 is 6.09 Å². The molecule has 1 saturated heterocycles. The Morgan fingerprint density at radius 2 is 2.03 bits per heavy atom. The molecule has 1 aliphatic rings. The first-order valence-corrected chi connectivity index (χ1v) is 10.7. The maximum absolute atomic E-state index is 12.1. The Morgan fingerprint density at radius 3 is 2.73 bits per heavy atom. The van der Waals surface area contributed by atoms with E-state index in [4.69, 9.17) is 14.5 Å². The van der Waals surface area contributed by atoms with Crippen LogP contribution < -0.4 is 5.32 Å². The second kappa shape index (κ2) is 8.76. The van der Waals surface area contributed by atoms with Crippen LogP contribution in [0.2, 0.25) is 0 Å². The summed E-state index contributed by atoms with van der Waals surface area (Å²) in [5.41, 5.74) is 2.27. The van der Waals surface area contributed by atoms with Gasteiger partial charge in [0.2, 0.25) is 0 Å². The van der Waals surface area contributed by atoms with E-state index in [9.17, 15) is 4.79 Å². The number of carbonyl (C=O) groups is 1. The molecular weight excluding hydrogens is 376 g/mol. The van der Waals surface area contributed by atoms with Crippen molar-refractivity contribution in [2.75, 3.05) is 6.61 Å². The zero-order chi connectivity index (χ0) is 21.9. The number of ether oxygens (including phenoxy) is 2. The molecule has 2 aromatic rings. The second-order valence-electron chi connectivity index (χ2n) is 9.78. The first-order valence-electron chi connectivity index (χ1n) is 10.7. The van der Waals surface area contributed by atoms with Crippen LogP contribution >= 0.6 is 0 Å². The summed E-state index contributed by atoms with van der Waals surface area (Å²) in [6.45, 7) is 12.6. The molecule has 0 radical (unpaired) electrons. The fourth-order valence-electron chi connectivity index (χ4n) is 3.74. The lowest BCUT2D eigenvalue weighted by molar-refractivity contribution is -0.0643. The lowest BCUT2D eigenvalue weighted by atomic mass is 9.88. The predicted octanol–water partition coefficient (Wildman–Crippen LogP) is 6.04. The van der Waals surface area contributed by atoms with Gasteiger partial charge in [0.15, 0.2) is 0 Å². The summed E-state index contributed by atoms with van der Waals surface area (Å²) in [4.78, 5) is 16.8. The number of pyridine rings is 1. The highest BCUT2D eigenvalue weighted by Gasteiger charge is 2.27. The topological polar surface area (TPSA) is 60.5 Å². The monoisotopic (exact) mass is 410 g/mol. The quantitative estimate of drug-likeness (QED) is 0.668. The molecule has 1 aromatic heterocycles. The molecule has 1 fully saturated rings. The van der Waals surface area contributed by atoms with Gasteiger partial charge in [0.1, 0.15) is 5.60 Å². The number of fused-ring (bicyclic) bond motifs is 1. The zero-order valence-electron chi connectivity index (χ0n) is 19.0. The Balaban J connectivity index is 1.72. The number of rotatable bonds is 4. The first kappa shape index (κ1) is 22.3. The largest absolute Gasteiger partial charge is 0.444 e.